The Morgan fingerprint density at radius 1 is 1.16 bits per heavy atom. The number of carbonyl (C=O) groups is 1. The highest BCUT2D eigenvalue weighted by atomic mass is 32.2. The number of hydrogen-bond donors (Lipinski definition) is 0. The number of hydrogen-bond acceptors (Lipinski definition) is 7. The van der Waals surface area contributed by atoms with E-state index in [1.807, 2.05) is 0 Å². The van der Waals surface area contributed by atoms with Crippen LogP contribution >= 0.6 is 0 Å². The van der Waals surface area contributed by atoms with E-state index in [1.54, 1.807) is 54.6 Å². The third-order valence-corrected chi connectivity index (χ3v) is 9.35. The Bertz CT molecular complexity index is 1950. The fraction of sp³-hybridized carbons (Fsp3) is 0.300. The molecule has 0 spiro atoms. The van der Waals surface area contributed by atoms with Crippen LogP contribution in [0.3, 0.4) is 0 Å². The van der Waals surface area contributed by atoms with Gasteiger partial charge in [0, 0.05) is 18.7 Å². The first-order chi connectivity index (χ1) is 20.7. The zero-order valence-corrected chi connectivity index (χ0v) is 24.9. The van der Waals surface area contributed by atoms with Crippen LogP contribution in [-0.4, -0.2) is 73.6 Å². The van der Waals surface area contributed by atoms with Crippen LogP contribution in [0.2, 0.25) is 0 Å². The molecule has 2 aromatic carbocycles. The molecule has 0 saturated heterocycles. The molecule has 0 N–H and O–H groups in total. The summed E-state index contributed by atoms with van der Waals surface area (Å²) >= 11 is 0. The van der Waals surface area contributed by atoms with Crippen molar-refractivity contribution < 1.29 is 35.5 Å². The molecule has 2 aromatic heterocycles. The molecule has 0 bridgehead atoms. The van der Waals surface area contributed by atoms with Gasteiger partial charge in [-0.05, 0) is 68.5 Å². The molecule has 1 atom stereocenters. The average Bonchev–Trinajstić information content (AvgIpc) is 3.48. The van der Waals surface area contributed by atoms with Crippen LogP contribution in [0.15, 0.2) is 53.4 Å². The van der Waals surface area contributed by atoms with E-state index < -0.39 is 55.6 Å². The van der Waals surface area contributed by atoms with E-state index in [4.69, 9.17) is 4.74 Å². The van der Waals surface area contributed by atoms with Gasteiger partial charge in [0.25, 0.3) is 5.91 Å². The molecule has 3 heterocycles. The van der Waals surface area contributed by atoms with Gasteiger partial charge in [-0.25, -0.2) is 17.8 Å². The van der Waals surface area contributed by atoms with Gasteiger partial charge in [-0.2, -0.15) is 18.4 Å². The quantitative estimate of drug-likeness (QED) is 0.268. The van der Waals surface area contributed by atoms with Crippen LogP contribution in [0.1, 0.15) is 38.8 Å². The number of alkyl halides is 3. The van der Waals surface area contributed by atoms with E-state index in [2.05, 4.69) is 4.98 Å². The van der Waals surface area contributed by atoms with E-state index in [9.17, 15) is 36.0 Å². The van der Waals surface area contributed by atoms with Crippen LogP contribution in [0.4, 0.5) is 17.6 Å². The van der Waals surface area contributed by atoms with E-state index in [0.717, 1.165) is 6.07 Å². The minimum Gasteiger partial charge on any atom is -0.482 e. The number of nitrogens with zero attached hydrogens (tertiary/aromatic N) is 5. The van der Waals surface area contributed by atoms with E-state index >= 15 is 0 Å². The van der Waals surface area contributed by atoms with Crippen molar-refractivity contribution >= 4 is 21.4 Å². The van der Waals surface area contributed by atoms with Crippen LogP contribution in [0, 0.1) is 24.1 Å². The molecule has 5 rings (SSSR count). The Morgan fingerprint density at radius 2 is 1.89 bits per heavy atom. The molecule has 0 unspecified atom stereocenters. The van der Waals surface area contributed by atoms with Gasteiger partial charge in [-0.3, -0.25) is 9.20 Å². The van der Waals surface area contributed by atoms with Crippen molar-refractivity contribution in [3.63, 3.8) is 0 Å². The Labute approximate surface area is 250 Å². The first kappa shape index (κ1) is 31.0. The fourth-order valence-corrected chi connectivity index (χ4v) is 7.43. The summed E-state index contributed by atoms with van der Waals surface area (Å²) in [6, 6.07) is 11.1. The maximum absolute atomic E-state index is 14.5. The van der Waals surface area contributed by atoms with Gasteiger partial charge in [-0.15, -0.1) is 0 Å². The SMILES string of the molecule is COc1cccc2nc(C(=O)N(CCN(C)C)[C@@H]3CS(=O)(=O)c4c3ccc(C(F)(F)F)c4C#N)c(-c3ccc(F)c(C)c3)n12. The first-order valence-corrected chi connectivity index (χ1v) is 15.0. The summed E-state index contributed by atoms with van der Waals surface area (Å²) in [6.07, 6.45) is -4.97. The lowest BCUT2D eigenvalue weighted by molar-refractivity contribution is -0.138. The molecule has 0 fully saturated rings. The second-order valence-corrected chi connectivity index (χ2v) is 12.6. The largest absolute Gasteiger partial charge is 0.482 e. The summed E-state index contributed by atoms with van der Waals surface area (Å²) in [5.41, 5.74) is -1.24. The molecule has 9 nitrogen and oxygen atoms in total. The van der Waals surface area contributed by atoms with Crippen molar-refractivity contribution in [2.45, 2.75) is 24.0 Å². The minimum atomic E-state index is -4.97. The highest BCUT2D eigenvalue weighted by Gasteiger charge is 2.46. The van der Waals surface area contributed by atoms with Crippen molar-refractivity contribution in [1.82, 2.24) is 19.2 Å². The minimum absolute atomic E-state index is 0.0265. The Kier molecular flexibility index (Phi) is 7.89. The van der Waals surface area contributed by atoms with Gasteiger partial charge in [0.1, 0.15) is 17.5 Å². The lowest BCUT2D eigenvalue weighted by Crippen LogP contribution is -2.40. The van der Waals surface area contributed by atoms with Crippen LogP contribution < -0.4 is 4.74 Å². The average molecular weight is 630 g/mol. The van der Waals surface area contributed by atoms with Crippen molar-refractivity contribution in [2.75, 3.05) is 40.0 Å². The monoisotopic (exact) mass is 629 g/mol. The third kappa shape index (κ3) is 5.26. The summed E-state index contributed by atoms with van der Waals surface area (Å²) in [5.74, 6) is -1.58. The number of rotatable bonds is 7. The van der Waals surface area contributed by atoms with Crippen molar-refractivity contribution in [3.05, 3.63) is 82.3 Å². The first-order valence-electron chi connectivity index (χ1n) is 13.3. The molecule has 0 radical (unpaired) electrons. The third-order valence-electron chi connectivity index (χ3n) is 7.53. The zero-order chi connectivity index (χ0) is 32.1. The molecule has 1 amide bonds. The summed E-state index contributed by atoms with van der Waals surface area (Å²) < 4.78 is 89.3. The lowest BCUT2D eigenvalue weighted by atomic mass is 9.99. The number of sulfone groups is 1. The van der Waals surface area contributed by atoms with E-state index in [0.29, 0.717) is 28.7 Å². The fourth-order valence-electron chi connectivity index (χ4n) is 5.46. The Morgan fingerprint density at radius 3 is 2.50 bits per heavy atom. The highest BCUT2D eigenvalue weighted by molar-refractivity contribution is 7.91. The lowest BCUT2D eigenvalue weighted by Gasteiger charge is -2.30. The van der Waals surface area contributed by atoms with Crippen LogP contribution in [-0.2, 0) is 16.0 Å². The predicted octanol–water partition coefficient (Wildman–Crippen LogP) is 4.88. The molecule has 4 aromatic rings. The number of carbonyl (C=O) groups excluding carboxylic acids is 1. The second kappa shape index (κ2) is 11.2. The number of aromatic nitrogens is 2. The van der Waals surface area contributed by atoms with E-state index in [1.165, 1.54) is 30.2 Å². The van der Waals surface area contributed by atoms with Crippen molar-refractivity contribution in [3.8, 4) is 23.2 Å². The van der Waals surface area contributed by atoms with Gasteiger partial charge in [-0.1, -0.05) is 12.1 Å². The molecule has 0 aliphatic carbocycles. The van der Waals surface area contributed by atoms with E-state index in [-0.39, 0.29) is 30.0 Å². The number of amides is 1. The number of fused-ring (bicyclic) bond motifs is 2. The number of pyridine rings is 1. The molecule has 1 aliphatic rings. The smallest absolute Gasteiger partial charge is 0.417 e. The van der Waals surface area contributed by atoms with Gasteiger partial charge in [0.2, 0.25) is 0 Å². The maximum Gasteiger partial charge on any atom is 0.417 e. The van der Waals surface area contributed by atoms with Crippen molar-refractivity contribution in [1.29, 1.82) is 5.26 Å². The predicted molar refractivity (Wildman–Crippen MR) is 152 cm³/mol. The maximum atomic E-state index is 14.5. The number of methoxy groups -OCH3 is 1. The van der Waals surface area contributed by atoms with Gasteiger partial charge >= 0.3 is 6.18 Å². The zero-order valence-electron chi connectivity index (χ0n) is 24.1. The topological polar surface area (TPSA) is 108 Å². The summed E-state index contributed by atoms with van der Waals surface area (Å²) in [7, 11) is 0.515. The van der Waals surface area contributed by atoms with Crippen LogP contribution in [0.25, 0.3) is 16.9 Å². The number of likely N-dealkylation sites (N-methyl/N-ethyl adjacent to an activating group) is 1. The number of benzene rings is 2. The number of ether oxygens (including phenoxy) is 1. The normalized spacial score (nSPS) is 15.8. The Hall–Kier alpha value is -4.48. The molecule has 14 heteroatoms. The number of nitriles is 1. The molecule has 0 saturated carbocycles. The van der Waals surface area contributed by atoms with Gasteiger partial charge in [0.15, 0.2) is 21.4 Å². The highest BCUT2D eigenvalue weighted by Crippen LogP contribution is 2.44. The molecule has 1 aliphatic heterocycles. The molecule has 44 heavy (non-hydrogen) atoms. The summed E-state index contributed by atoms with van der Waals surface area (Å²) in [6.45, 7) is 1.80. The van der Waals surface area contributed by atoms with Crippen molar-refractivity contribution in [2.24, 2.45) is 0 Å². The van der Waals surface area contributed by atoms with Gasteiger partial charge < -0.3 is 14.5 Å². The molecular weight excluding hydrogens is 602 g/mol. The molecular formula is C30H27F4N5O4S. The van der Waals surface area contributed by atoms with Crippen LogP contribution in [0.5, 0.6) is 5.88 Å². The number of aryl methyl sites for hydroxylation is 1. The standard InChI is InChI=1S/C30H27F4N5O4S/c1-17-14-18(8-11-22(17)31)27-26(36-24-6-5-7-25(43-4)39(24)27)29(40)38(13-12-37(2)3)23-16-44(41,42)28-19(23)9-10-21(20(28)15-35)30(32,33)34/h5-11,14,23H,12-13,16H2,1-4H3/t23-/m1/s1. The van der Waals surface area contributed by atoms with Gasteiger partial charge in [0.05, 0.1) is 40.6 Å². The second-order valence-electron chi connectivity index (χ2n) is 10.6. The summed E-state index contributed by atoms with van der Waals surface area (Å²) in [4.78, 5) is 21.4. The number of imidazole rings is 1. The summed E-state index contributed by atoms with van der Waals surface area (Å²) in [5, 5.41) is 9.65. The Balaban J connectivity index is 1.74. The number of halogens is 4. The molecule has 230 valence electrons.